The van der Waals surface area contributed by atoms with Gasteiger partial charge in [0.1, 0.15) is 0 Å². The number of likely N-dealkylation sites (N-methyl/N-ethyl adjacent to an activating group) is 2. The molecule has 2 unspecified atom stereocenters. The first-order chi connectivity index (χ1) is 14.7. The summed E-state index contributed by atoms with van der Waals surface area (Å²) in [5.41, 5.74) is 0. The molecule has 0 aliphatic carbocycles. The molecule has 0 aromatic heterocycles. The Kier molecular flexibility index (Phi) is 13.4. The number of unbranched alkanes of at least 4 members (excludes halogenated alkanes) is 3. The minimum absolute atomic E-state index is 0.610. The number of hydrogen-bond acceptors (Lipinski definition) is 7. The lowest BCUT2D eigenvalue weighted by Gasteiger charge is -2.50. The van der Waals surface area contributed by atoms with Crippen molar-refractivity contribution in [2.24, 2.45) is 0 Å². The first-order valence-electron chi connectivity index (χ1n) is 12.1. The van der Waals surface area contributed by atoms with Crippen LogP contribution < -0.4 is 0 Å². The van der Waals surface area contributed by atoms with E-state index in [-0.39, 0.29) is 0 Å². The van der Waals surface area contributed by atoms with Crippen LogP contribution in [0.4, 0.5) is 0 Å². The zero-order valence-corrected chi connectivity index (χ0v) is 20.2. The molecule has 2 aliphatic rings. The molecule has 2 fully saturated rings. The third-order valence-electron chi connectivity index (χ3n) is 6.63. The van der Waals surface area contributed by atoms with Gasteiger partial charge in [-0.1, -0.05) is 12.8 Å². The third kappa shape index (κ3) is 9.47. The molecule has 2 aliphatic heterocycles. The Bertz CT molecular complexity index is 391. The number of piperazine rings is 2. The Morgan fingerprint density at radius 1 is 0.600 bits per heavy atom. The summed E-state index contributed by atoms with van der Waals surface area (Å²) in [6, 6.07) is 1.24. The van der Waals surface area contributed by atoms with Gasteiger partial charge >= 0.3 is 0 Å². The Morgan fingerprint density at radius 3 is 1.77 bits per heavy atom. The summed E-state index contributed by atoms with van der Waals surface area (Å²) in [6.45, 7) is 12.6. The quantitative estimate of drug-likeness (QED) is 0.366. The van der Waals surface area contributed by atoms with E-state index in [1.807, 2.05) is 0 Å². The van der Waals surface area contributed by atoms with Crippen molar-refractivity contribution in [3.63, 3.8) is 0 Å². The second-order valence-electron chi connectivity index (χ2n) is 9.10. The van der Waals surface area contributed by atoms with E-state index in [4.69, 9.17) is 14.2 Å². The molecule has 7 heteroatoms. The van der Waals surface area contributed by atoms with E-state index < -0.39 is 0 Å². The summed E-state index contributed by atoms with van der Waals surface area (Å²) in [6.07, 6.45) is 6.20. The fourth-order valence-electron chi connectivity index (χ4n) is 4.80. The van der Waals surface area contributed by atoms with Crippen molar-refractivity contribution in [2.45, 2.75) is 44.2 Å². The lowest BCUT2D eigenvalue weighted by molar-refractivity contribution is -0.0157. The van der Waals surface area contributed by atoms with Gasteiger partial charge in [0.2, 0.25) is 0 Å². The topological polar surface area (TPSA) is 40.7 Å². The number of hydrogen-bond donors (Lipinski definition) is 0. The molecule has 30 heavy (non-hydrogen) atoms. The van der Waals surface area contributed by atoms with Crippen molar-refractivity contribution < 1.29 is 14.2 Å². The largest absolute Gasteiger partial charge is 0.385 e. The van der Waals surface area contributed by atoms with E-state index in [0.717, 1.165) is 26.2 Å². The van der Waals surface area contributed by atoms with Gasteiger partial charge < -0.3 is 24.0 Å². The molecule has 0 aromatic rings. The predicted octanol–water partition coefficient (Wildman–Crippen LogP) is 1.48. The molecule has 0 N–H and O–H groups in total. The van der Waals surface area contributed by atoms with Crippen LogP contribution in [0.25, 0.3) is 0 Å². The van der Waals surface area contributed by atoms with Crippen LogP contribution in [0.3, 0.4) is 0 Å². The third-order valence-corrected chi connectivity index (χ3v) is 6.63. The first-order valence-corrected chi connectivity index (χ1v) is 12.1. The van der Waals surface area contributed by atoms with E-state index in [1.165, 1.54) is 71.5 Å². The second kappa shape index (κ2) is 15.5. The summed E-state index contributed by atoms with van der Waals surface area (Å²) in [5, 5.41) is 0. The summed E-state index contributed by atoms with van der Waals surface area (Å²) in [7, 11) is 8.10. The van der Waals surface area contributed by atoms with Gasteiger partial charge in [0.25, 0.3) is 0 Å². The smallest absolute Gasteiger partial charge is 0.0700 e. The monoisotopic (exact) mass is 428 g/mol. The molecule has 178 valence electrons. The molecular formula is C23H48N4O3. The molecule has 2 atom stereocenters. The van der Waals surface area contributed by atoms with Crippen molar-refractivity contribution >= 4 is 0 Å². The van der Waals surface area contributed by atoms with Crippen molar-refractivity contribution in [2.75, 3.05) is 107 Å². The molecule has 7 nitrogen and oxygen atoms in total. The van der Waals surface area contributed by atoms with E-state index in [0.29, 0.717) is 25.3 Å². The van der Waals surface area contributed by atoms with Crippen LogP contribution in [0.15, 0.2) is 0 Å². The summed E-state index contributed by atoms with van der Waals surface area (Å²) >= 11 is 0. The molecule has 0 saturated carbocycles. The molecule has 2 rings (SSSR count). The van der Waals surface area contributed by atoms with Gasteiger partial charge in [0.15, 0.2) is 0 Å². The highest BCUT2D eigenvalue weighted by molar-refractivity contribution is 4.95. The van der Waals surface area contributed by atoms with Gasteiger partial charge in [0, 0.05) is 85.3 Å². The summed E-state index contributed by atoms with van der Waals surface area (Å²) in [4.78, 5) is 10.6. The Morgan fingerprint density at radius 2 is 1.17 bits per heavy atom. The SMILES string of the molecule is COCCCCCCN1CCN(C)CC1C1CN(C)CCN1CCCOCCOC. The van der Waals surface area contributed by atoms with Crippen LogP contribution in [0, 0.1) is 0 Å². The molecule has 0 aromatic carbocycles. The first kappa shape index (κ1) is 26.0. The van der Waals surface area contributed by atoms with Crippen LogP contribution in [0.5, 0.6) is 0 Å². The van der Waals surface area contributed by atoms with E-state index in [1.54, 1.807) is 14.2 Å². The molecule has 0 spiro atoms. The average molecular weight is 429 g/mol. The molecule has 0 radical (unpaired) electrons. The fourth-order valence-corrected chi connectivity index (χ4v) is 4.80. The maximum absolute atomic E-state index is 5.71. The van der Waals surface area contributed by atoms with Crippen molar-refractivity contribution in [1.82, 2.24) is 19.6 Å². The van der Waals surface area contributed by atoms with Crippen LogP contribution >= 0.6 is 0 Å². The molecule has 2 heterocycles. The maximum atomic E-state index is 5.71. The highest BCUT2D eigenvalue weighted by Gasteiger charge is 2.37. The van der Waals surface area contributed by atoms with Crippen LogP contribution in [0.1, 0.15) is 32.1 Å². The Labute approximate surface area is 185 Å². The fraction of sp³-hybridized carbons (Fsp3) is 1.00. The van der Waals surface area contributed by atoms with E-state index in [9.17, 15) is 0 Å². The Balaban J connectivity index is 1.85. The highest BCUT2D eigenvalue weighted by Crippen LogP contribution is 2.21. The maximum Gasteiger partial charge on any atom is 0.0700 e. The lowest BCUT2D eigenvalue weighted by Crippen LogP contribution is -2.66. The minimum atomic E-state index is 0.610. The Hall–Kier alpha value is -0.280. The second-order valence-corrected chi connectivity index (χ2v) is 9.10. The number of rotatable bonds is 15. The number of ether oxygens (including phenoxy) is 3. The van der Waals surface area contributed by atoms with Crippen molar-refractivity contribution in [1.29, 1.82) is 0 Å². The lowest BCUT2D eigenvalue weighted by atomic mass is 9.98. The van der Waals surface area contributed by atoms with E-state index >= 15 is 0 Å². The highest BCUT2D eigenvalue weighted by atomic mass is 16.5. The molecule has 0 bridgehead atoms. The summed E-state index contributed by atoms with van der Waals surface area (Å²) < 4.78 is 16.0. The number of nitrogens with zero attached hydrogens (tertiary/aromatic N) is 4. The van der Waals surface area contributed by atoms with Gasteiger partial charge in [-0.2, -0.15) is 0 Å². The molecular weight excluding hydrogens is 380 g/mol. The van der Waals surface area contributed by atoms with Crippen LogP contribution in [-0.4, -0.2) is 139 Å². The zero-order chi connectivity index (χ0) is 21.6. The van der Waals surface area contributed by atoms with Crippen LogP contribution in [-0.2, 0) is 14.2 Å². The predicted molar refractivity (Wildman–Crippen MR) is 123 cm³/mol. The number of methoxy groups -OCH3 is 2. The van der Waals surface area contributed by atoms with Gasteiger partial charge in [-0.3, -0.25) is 9.80 Å². The van der Waals surface area contributed by atoms with Gasteiger partial charge in [-0.05, 0) is 39.9 Å². The minimum Gasteiger partial charge on any atom is -0.385 e. The van der Waals surface area contributed by atoms with Crippen molar-refractivity contribution in [3.05, 3.63) is 0 Å². The van der Waals surface area contributed by atoms with Gasteiger partial charge in [0.05, 0.1) is 13.2 Å². The normalized spacial score (nSPS) is 25.2. The van der Waals surface area contributed by atoms with Gasteiger partial charge in [-0.25, -0.2) is 0 Å². The molecule has 0 amide bonds. The van der Waals surface area contributed by atoms with Crippen molar-refractivity contribution in [3.8, 4) is 0 Å². The zero-order valence-electron chi connectivity index (χ0n) is 20.2. The van der Waals surface area contributed by atoms with Crippen LogP contribution in [0.2, 0.25) is 0 Å². The van der Waals surface area contributed by atoms with E-state index in [2.05, 4.69) is 33.7 Å². The average Bonchev–Trinajstić information content (AvgIpc) is 2.74. The summed E-state index contributed by atoms with van der Waals surface area (Å²) in [5.74, 6) is 0. The molecule has 2 saturated heterocycles. The standard InChI is InChI=1S/C23H48N4O3/c1-24-12-14-26(10-7-5-6-8-16-28-3)22(20-24)23-21-25(2)13-15-27(23)11-9-17-30-19-18-29-4/h22-23H,5-21H2,1-4H3. The van der Waals surface area contributed by atoms with Gasteiger partial charge in [-0.15, -0.1) is 0 Å².